The number of anilines is 3. The number of nitrogens with one attached hydrogen (secondary N) is 3. The molecule has 2 aromatic carbocycles. The summed E-state index contributed by atoms with van der Waals surface area (Å²) in [6.07, 6.45) is -0.222. The largest absolute Gasteiger partial charge is 0.494 e. The van der Waals surface area contributed by atoms with Crippen molar-refractivity contribution >= 4 is 40.8 Å². The molecule has 2 rings (SSSR count). The maximum atomic E-state index is 11.9. The molecular formula is C22H25N3O6. The molecule has 0 atom stereocenters. The van der Waals surface area contributed by atoms with Gasteiger partial charge in [0.2, 0.25) is 11.8 Å². The van der Waals surface area contributed by atoms with Gasteiger partial charge in [-0.25, -0.2) is 0 Å². The number of carbonyl (C=O) groups is 4. The maximum absolute atomic E-state index is 11.9. The number of hydrogen-bond acceptors (Lipinski definition) is 6. The molecule has 0 radical (unpaired) electrons. The zero-order valence-corrected chi connectivity index (χ0v) is 17.4. The van der Waals surface area contributed by atoms with Gasteiger partial charge in [0.05, 0.1) is 13.0 Å². The summed E-state index contributed by atoms with van der Waals surface area (Å²) in [7, 11) is 0. The summed E-state index contributed by atoms with van der Waals surface area (Å²) in [6, 6.07) is 13.4. The van der Waals surface area contributed by atoms with E-state index in [0.29, 0.717) is 29.4 Å². The molecule has 0 aliphatic rings. The standard InChI is InChI=1S/C22H25N3O6/c1-3-30-19-10-8-18(9-11-19)24-20(27)12-13-22(29)31-14-21(28)25-17-6-4-16(5-7-17)23-15(2)26/h4-11H,3,12-14H2,1-2H3,(H,23,26)(H,24,27)(H,25,28). The first-order chi connectivity index (χ1) is 14.9. The highest BCUT2D eigenvalue weighted by Gasteiger charge is 2.11. The number of esters is 1. The summed E-state index contributed by atoms with van der Waals surface area (Å²) in [5.74, 6) is -1.01. The van der Waals surface area contributed by atoms with Crippen LogP contribution in [-0.2, 0) is 23.9 Å². The maximum Gasteiger partial charge on any atom is 0.306 e. The fourth-order valence-electron chi connectivity index (χ4n) is 2.50. The minimum Gasteiger partial charge on any atom is -0.494 e. The molecule has 0 aliphatic heterocycles. The van der Waals surface area contributed by atoms with Crippen LogP contribution in [0.2, 0.25) is 0 Å². The second-order valence-electron chi connectivity index (χ2n) is 6.47. The van der Waals surface area contributed by atoms with Crippen LogP contribution in [0.1, 0.15) is 26.7 Å². The highest BCUT2D eigenvalue weighted by molar-refractivity contribution is 5.95. The van der Waals surface area contributed by atoms with Gasteiger partial charge in [0, 0.05) is 30.4 Å². The SMILES string of the molecule is CCOc1ccc(NC(=O)CCC(=O)OCC(=O)Nc2ccc(NC(C)=O)cc2)cc1. The monoisotopic (exact) mass is 427 g/mol. The lowest BCUT2D eigenvalue weighted by Gasteiger charge is -2.08. The minimum atomic E-state index is -0.655. The third-order valence-electron chi connectivity index (χ3n) is 3.86. The van der Waals surface area contributed by atoms with Crippen molar-refractivity contribution in [1.82, 2.24) is 0 Å². The molecule has 0 spiro atoms. The highest BCUT2D eigenvalue weighted by atomic mass is 16.5. The fraction of sp³-hybridized carbons (Fsp3) is 0.273. The van der Waals surface area contributed by atoms with Crippen molar-refractivity contribution < 1.29 is 28.7 Å². The second kappa shape index (κ2) is 12.0. The van der Waals surface area contributed by atoms with Gasteiger partial charge in [-0.3, -0.25) is 19.2 Å². The Labute approximate surface area is 180 Å². The van der Waals surface area contributed by atoms with Crippen LogP contribution >= 0.6 is 0 Å². The number of carbonyl (C=O) groups excluding carboxylic acids is 4. The van der Waals surface area contributed by atoms with Crippen molar-refractivity contribution in [2.24, 2.45) is 0 Å². The molecular weight excluding hydrogens is 402 g/mol. The van der Waals surface area contributed by atoms with Gasteiger partial charge in [0.1, 0.15) is 5.75 Å². The molecule has 2 aromatic rings. The summed E-state index contributed by atoms with van der Waals surface area (Å²) in [4.78, 5) is 46.6. The summed E-state index contributed by atoms with van der Waals surface area (Å²) >= 11 is 0. The van der Waals surface area contributed by atoms with E-state index >= 15 is 0 Å². The summed E-state index contributed by atoms with van der Waals surface area (Å²) < 4.78 is 10.2. The van der Waals surface area contributed by atoms with E-state index < -0.39 is 18.5 Å². The zero-order valence-electron chi connectivity index (χ0n) is 17.4. The van der Waals surface area contributed by atoms with Crippen LogP contribution in [0.4, 0.5) is 17.1 Å². The van der Waals surface area contributed by atoms with Gasteiger partial charge in [-0.2, -0.15) is 0 Å². The Balaban J connectivity index is 1.67. The molecule has 0 heterocycles. The van der Waals surface area contributed by atoms with E-state index in [1.54, 1.807) is 48.5 Å². The molecule has 0 saturated heterocycles. The number of benzene rings is 2. The zero-order chi connectivity index (χ0) is 22.6. The van der Waals surface area contributed by atoms with E-state index in [9.17, 15) is 19.2 Å². The molecule has 0 fully saturated rings. The number of hydrogen-bond donors (Lipinski definition) is 3. The molecule has 0 saturated carbocycles. The van der Waals surface area contributed by atoms with Gasteiger partial charge < -0.3 is 25.4 Å². The van der Waals surface area contributed by atoms with Gasteiger partial charge in [-0.05, 0) is 55.5 Å². The van der Waals surface area contributed by atoms with E-state index in [1.807, 2.05) is 6.92 Å². The van der Waals surface area contributed by atoms with Crippen LogP contribution in [0.15, 0.2) is 48.5 Å². The minimum absolute atomic E-state index is 0.0712. The second-order valence-corrected chi connectivity index (χ2v) is 6.47. The van der Waals surface area contributed by atoms with Gasteiger partial charge >= 0.3 is 5.97 Å². The molecule has 164 valence electrons. The van der Waals surface area contributed by atoms with E-state index in [-0.39, 0.29) is 24.7 Å². The molecule has 3 N–H and O–H groups in total. The van der Waals surface area contributed by atoms with Gasteiger partial charge in [-0.15, -0.1) is 0 Å². The normalized spacial score (nSPS) is 10.0. The van der Waals surface area contributed by atoms with Crippen LogP contribution in [0.3, 0.4) is 0 Å². The highest BCUT2D eigenvalue weighted by Crippen LogP contribution is 2.16. The lowest BCUT2D eigenvalue weighted by Crippen LogP contribution is -2.21. The molecule has 3 amide bonds. The van der Waals surface area contributed by atoms with Crippen molar-refractivity contribution in [2.75, 3.05) is 29.2 Å². The Kier molecular flexibility index (Phi) is 9.03. The first-order valence-electron chi connectivity index (χ1n) is 9.71. The lowest BCUT2D eigenvalue weighted by atomic mass is 10.2. The Hall–Kier alpha value is -3.88. The number of amides is 3. The van der Waals surface area contributed by atoms with E-state index in [0.717, 1.165) is 0 Å². The molecule has 0 unspecified atom stereocenters. The quantitative estimate of drug-likeness (QED) is 0.501. The van der Waals surface area contributed by atoms with E-state index in [1.165, 1.54) is 6.92 Å². The first kappa shape index (κ1) is 23.4. The molecule has 0 bridgehead atoms. The molecule has 0 aliphatic carbocycles. The summed E-state index contributed by atoms with van der Waals surface area (Å²) in [6.45, 7) is 3.36. The summed E-state index contributed by atoms with van der Waals surface area (Å²) in [5, 5.41) is 7.86. The topological polar surface area (TPSA) is 123 Å². The van der Waals surface area contributed by atoms with Crippen molar-refractivity contribution in [1.29, 1.82) is 0 Å². The van der Waals surface area contributed by atoms with E-state index in [2.05, 4.69) is 16.0 Å². The van der Waals surface area contributed by atoms with Crippen LogP contribution in [0, 0.1) is 0 Å². The molecule has 9 nitrogen and oxygen atoms in total. The third kappa shape index (κ3) is 8.99. The third-order valence-corrected chi connectivity index (χ3v) is 3.86. The van der Waals surface area contributed by atoms with Crippen LogP contribution in [0.25, 0.3) is 0 Å². The number of ether oxygens (including phenoxy) is 2. The van der Waals surface area contributed by atoms with Crippen LogP contribution < -0.4 is 20.7 Å². The number of rotatable bonds is 10. The van der Waals surface area contributed by atoms with Crippen LogP contribution in [0.5, 0.6) is 5.75 Å². The molecule has 9 heteroatoms. The van der Waals surface area contributed by atoms with Crippen molar-refractivity contribution in [2.45, 2.75) is 26.7 Å². The Morgan fingerprint density at radius 3 is 1.81 bits per heavy atom. The van der Waals surface area contributed by atoms with Crippen LogP contribution in [-0.4, -0.2) is 36.9 Å². The lowest BCUT2D eigenvalue weighted by molar-refractivity contribution is -0.147. The average molecular weight is 427 g/mol. The average Bonchev–Trinajstić information content (AvgIpc) is 2.73. The van der Waals surface area contributed by atoms with Gasteiger partial charge in [0.15, 0.2) is 6.61 Å². The predicted molar refractivity (Wildman–Crippen MR) is 116 cm³/mol. The van der Waals surface area contributed by atoms with Crippen molar-refractivity contribution in [3.8, 4) is 5.75 Å². The van der Waals surface area contributed by atoms with Crippen molar-refractivity contribution in [3.05, 3.63) is 48.5 Å². The molecule has 0 aromatic heterocycles. The predicted octanol–water partition coefficient (Wildman–Crippen LogP) is 2.94. The fourth-order valence-corrected chi connectivity index (χ4v) is 2.50. The smallest absolute Gasteiger partial charge is 0.306 e. The molecule has 31 heavy (non-hydrogen) atoms. The van der Waals surface area contributed by atoms with E-state index in [4.69, 9.17) is 9.47 Å². The Morgan fingerprint density at radius 2 is 1.26 bits per heavy atom. The van der Waals surface area contributed by atoms with Gasteiger partial charge in [0.25, 0.3) is 5.91 Å². The van der Waals surface area contributed by atoms with Gasteiger partial charge in [-0.1, -0.05) is 0 Å². The van der Waals surface area contributed by atoms with Crippen molar-refractivity contribution in [3.63, 3.8) is 0 Å². The first-order valence-corrected chi connectivity index (χ1v) is 9.71. The Morgan fingerprint density at radius 1 is 0.742 bits per heavy atom. The Bertz CT molecular complexity index is 910. The summed E-state index contributed by atoms with van der Waals surface area (Å²) in [5.41, 5.74) is 1.68.